The molecule has 2 N–H and O–H groups in total. The molecule has 0 spiro atoms. The van der Waals surface area contributed by atoms with Gasteiger partial charge >= 0.3 is 0 Å². The second-order valence-corrected chi connectivity index (χ2v) is 6.97. The highest BCUT2D eigenvalue weighted by Crippen LogP contribution is 2.19. The minimum Gasteiger partial charge on any atom is -0.326 e. The summed E-state index contributed by atoms with van der Waals surface area (Å²) in [5.74, 6) is -0.575. The van der Waals surface area contributed by atoms with Crippen LogP contribution in [-0.2, 0) is 14.8 Å². The topological polar surface area (TPSA) is 75.3 Å². The normalized spacial score (nSPS) is 11.1. The molecule has 0 aromatic heterocycles. The highest BCUT2D eigenvalue weighted by Gasteiger charge is 2.14. The number of unbranched alkanes of at least 4 members (excludes halogenated alkanes) is 1. The van der Waals surface area contributed by atoms with Gasteiger partial charge in [0, 0.05) is 17.8 Å². The maximum atomic E-state index is 12.9. The van der Waals surface area contributed by atoms with Crippen molar-refractivity contribution in [1.29, 1.82) is 0 Å². The van der Waals surface area contributed by atoms with Gasteiger partial charge in [-0.1, -0.05) is 13.3 Å². The van der Waals surface area contributed by atoms with Gasteiger partial charge in [-0.15, -0.1) is 0 Å². The fourth-order valence-corrected chi connectivity index (χ4v) is 3.07. The highest BCUT2D eigenvalue weighted by molar-refractivity contribution is 7.92. The van der Waals surface area contributed by atoms with E-state index in [-0.39, 0.29) is 10.8 Å². The van der Waals surface area contributed by atoms with Crippen molar-refractivity contribution in [1.82, 2.24) is 0 Å². The molecular weight excluding hydrogens is 331 g/mol. The number of anilines is 2. The van der Waals surface area contributed by atoms with Gasteiger partial charge in [0.25, 0.3) is 10.0 Å². The summed E-state index contributed by atoms with van der Waals surface area (Å²) in [6.07, 6.45) is 2.22. The molecule has 0 fully saturated rings. The largest absolute Gasteiger partial charge is 0.326 e. The van der Waals surface area contributed by atoms with Crippen molar-refractivity contribution in [2.75, 3.05) is 10.0 Å². The van der Waals surface area contributed by atoms with E-state index in [1.54, 1.807) is 24.3 Å². The maximum absolute atomic E-state index is 12.9. The SMILES string of the molecule is CCCCC(=O)Nc1ccc(NS(=O)(=O)c2ccc(F)cc2)cc1. The summed E-state index contributed by atoms with van der Waals surface area (Å²) in [4.78, 5) is 11.6. The van der Waals surface area contributed by atoms with E-state index in [1.165, 1.54) is 12.1 Å². The van der Waals surface area contributed by atoms with Crippen molar-refractivity contribution in [3.05, 3.63) is 54.3 Å². The Bertz CT molecular complexity index is 788. The molecule has 2 rings (SSSR count). The molecule has 0 atom stereocenters. The van der Waals surface area contributed by atoms with Crippen molar-refractivity contribution in [3.8, 4) is 0 Å². The van der Waals surface area contributed by atoms with Crippen LogP contribution >= 0.6 is 0 Å². The number of benzene rings is 2. The zero-order valence-electron chi connectivity index (χ0n) is 13.3. The molecule has 2 aromatic rings. The van der Waals surface area contributed by atoms with Gasteiger partial charge in [0.2, 0.25) is 5.91 Å². The Morgan fingerprint density at radius 1 is 1.00 bits per heavy atom. The number of sulfonamides is 1. The highest BCUT2D eigenvalue weighted by atomic mass is 32.2. The monoisotopic (exact) mass is 350 g/mol. The summed E-state index contributed by atoms with van der Waals surface area (Å²) < 4.78 is 39.7. The van der Waals surface area contributed by atoms with E-state index in [0.717, 1.165) is 25.0 Å². The van der Waals surface area contributed by atoms with Gasteiger partial charge in [-0.25, -0.2) is 12.8 Å². The lowest BCUT2D eigenvalue weighted by molar-refractivity contribution is -0.116. The van der Waals surface area contributed by atoms with Crippen LogP contribution in [0.15, 0.2) is 53.4 Å². The second kappa shape index (κ2) is 7.92. The minimum atomic E-state index is -3.78. The van der Waals surface area contributed by atoms with Crippen LogP contribution in [0.25, 0.3) is 0 Å². The second-order valence-electron chi connectivity index (χ2n) is 5.29. The smallest absolute Gasteiger partial charge is 0.261 e. The molecule has 0 aliphatic rings. The zero-order valence-corrected chi connectivity index (χ0v) is 14.1. The van der Waals surface area contributed by atoms with Gasteiger partial charge < -0.3 is 5.32 Å². The Kier molecular flexibility index (Phi) is 5.92. The van der Waals surface area contributed by atoms with Crippen LogP contribution in [-0.4, -0.2) is 14.3 Å². The minimum absolute atomic E-state index is 0.0270. The first-order chi connectivity index (χ1) is 11.4. The molecule has 0 saturated heterocycles. The van der Waals surface area contributed by atoms with Crippen molar-refractivity contribution in [3.63, 3.8) is 0 Å². The lowest BCUT2D eigenvalue weighted by atomic mass is 10.2. The number of halogens is 1. The molecule has 7 heteroatoms. The molecule has 0 heterocycles. The van der Waals surface area contributed by atoms with E-state index < -0.39 is 15.8 Å². The molecular formula is C17H19FN2O3S. The van der Waals surface area contributed by atoms with Gasteiger partial charge in [-0.05, 0) is 55.0 Å². The van der Waals surface area contributed by atoms with E-state index in [2.05, 4.69) is 10.0 Å². The van der Waals surface area contributed by atoms with Gasteiger partial charge in [0.15, 0.2) is 0 Å². The van der Waals surface area contributed by atoms with E-state index >= 15 is 0 Å². The Labute approximate surface area is 141 Å². The Balaban J connectivity index is 2.03. The van der Waals surface area contributed by atoms with Crippen LogP contribution in [0.2, 0.25) is 0 Å². The van der Waals surface area contributed by atoms with Crippen molar-refractivity contribution < 1.29 is 17.6 Å². The lowest BCUT2D eigenvalue weighted by Gasteiger charge is -2.09. The number of carbonyl (C=O) groups excluding carboxylic acids is 1. The molecule has 0 bridgehead atoms. The molecule has 1 amide bonds. The quantitative estimate of drug-likeness (QED) is 0.798. The molecule has 0 aliphatic heterocycles. The van der Waals surface area contributed by atoms with Gasteiger partial charge in [0.05, 0.1) is 4.90 Å². The lowest BCUT2D eigenvalue weighted by Crippen LogP contribution is -2.13. The zero-order chi connectivity index (χ0) is 17.6. The van der Waals surface area contributed by atoms with Crippen LogP contribution in [0.4, 0.5) is 15.8 Å². The summed E-state index contributed by atoms with van der Waals surface area (Å²) in [7, 11) is -3.78. The van der Waals surface area contributed by atoms with E-state index in [4.69, 9.17) is 0 Å². The van der Waals surface area contributed by atoms with Crippen LogP contribution in [0.5, 0.6) is 0 Å². The van der Waals surface area contributed by atoms with Crippen LogP contribution < -0.4 is 10.0 Å². The number of hydrogen-bond donors (Lipinski definition) is 2. The molecule has 24 heavy (non-hydrogen) atoms. The first-order valence-electron chi connectivity index (χ1n) is 7.59. The summed E-state index contributed by atoms with van der Waals surface area (Å²) in [5, 5.41) is 2.75. The third-order valence-electron chi connectivity index (χ3n) is 3.30. The first kappa shape index (κ1) is 17.9. The molecule has 2 aromatic carbocycles. The predicted molar refractivity (Wildman–Crippen MR) is 91.8 cm³/mol. The number of amides is 1. The average Bonchev–Trinajstić information content (AvgIpc) is 2.55. The van der Waals surface area contributed by atoms with Crippen LogP contribution in [0, 0.1) is 5.82 Å². The fourth-order valence-electron chi connectivity index (χ4n) is 2.01. The van der Waals surface area contributed by atoms with Gasteiger partial charge in [-0.2, -0.15) is 0 Å². The number of nitrogens with one attached hydrogen (secondary N) is 2. The van der Waals surface area contributed by atoms with Gasteiger partial charge in [0.1, 0.15) is 5.82 Å². The molecule has 0 unspecified atom stereocenters. The molecule has 0 aliphatic carbocycles. The average molecular weight is 350 g/mol. The predicted octanol–water partition coefficient (Wildman–Crippen LogP) is 3.76. The van der Waals surface area contributed by atoms with Crippen molar-refractivity contribution in [2.45, 2.75) is 31.1 Å². The summed E-state index contributed by atoms with van der Waals surface area (Å²) in [6, 6.07) is 10.9. The van der Waals surface area contributed by atoms with Crippen molar-refractivity contribution in [2.24, 2.45) is 0 Å². The van der Waals surface area contributed by atoms with E-state index in [9.17, 15) is 17.6 Å². The number of hydrogen-bond acceptors (Lipinski definition) is 3. The van der Waals surface area contributed by atoms with Gasteiger partial charge in [-0.3, -0.25) is 9.52 Å². The number of rotatable bonds is 7. The van der Waals surface area contributed by atoms with Crippen molar-refractivity contribution >= 4 is 27.3 Å². The maximum Gasteiger partial charge on any atom is 0.261 e. The van der Waals surface area contributed by atoms with E-state index in [1.807, 2.05) is 6.92 Å². The molecule has 5 nitrogen and oxygen atoms in total. The van der Waals surface area contributed by atoms with E-state index in [0.29, 0.717) is 17.8 Å². The first-order valence-corrected chi connectivity index (χ1v) is 9.07. The molecule has 0 radical (unpaired) electrons. The standard InChI is InChI=1S/C17H19FN2O3S/c1-2-3-4-17(21)19-14-7-9-15(10-8-14)20-24(22,23)16-11-5-13(18)6-12-16/h5-12,20H,2-4H2,1H3,(H,19,21). The fraction of sp³-hybridized carbons (Fsp3) is 0.235. The summed E-state index contributed by atoms with van der Waals surface area (Å²) >= 11 is 0. The summed E-state index contributed by atoms with van der Waals surface area (Å²) in [5.41, 5.74) is 0.951. The molecule has 0 saturated carbocycles. The third-order valence-corrected chi connectivity index (χ3v) is 4.70. The Morgan fingerprint density at radius 3 is 2.17 bits per heavy atom. The molecule has 128 valence electrons. The van der Waals surface area contributed by atoms with Crippen LogP contribution in [0.1, 0.15) is 26.2 Å². The third kappa shape index (κ3) is 5.06. The Morgan fingerprint density at radius 2 is 1.58 bits per heavy atom. The van der Waals surface area contributed by atoms with Crippen LogP contribution in [0.3, 0.4) is 0 Å². The number of carbonyl (C=O) groups is 1. The Hall–Kier alpha value is -2.41. The summed E-state index contributed by atoms with van der Waals surface area (Å²) in [6.45, 7) is 2.01.